The molecule has 1 aromatic heterocycles. The van der Waals surface area contributed by atoms with Crippen LogP contribution in [0.3, 0.4) is 0 Å². The van der Waals surface area contributed by atoms with E-state index in [1.165, 1.54) is 21.7 Å². The summed E-state index contributed by atoms with van der Waals surface area (Å²) in [5, 5.41) is 3.64. The molecule has 2 heteroatoms. The van der Waals surface area contributed by atoms with E-state index < -0.39 is 0 Å². The highest BCUT2D eigenvalue weighted by Crippen LogP contribution is 2.22. The van der Waals surface area contributed by atoms with Crippen molar-refractivity contribution in [3.63, 3.8) is 0 Å². The summed E-state index contributed by atoms with van der Waals surface area (Å²) in [4.78, 5) is 3.45. The lowest BCUT2D eigenvalue weighted by Crippen LogP contribution is -2.30. The number of allylic oxidation sites excluding steroid dienone is 2. The number of aromatic amines is 1. The van der Waals surface area contributed by atoms with Crippen LogP contribution in [-0.4, -0.2) is 4.98 Å². The first-order valence-corrected chi connectivity index (χ1v) is 5.77. The second-order valence-corrected chi connectivity index (χ2v) is 4.33. The smallest absolute Gasteiger partial charge is 0.154 e. The SMILES string of the molecule is C1=COC2=c3[nH]c4ccccc4c3=CCC2=C1. The molecule has 1 aromatic carbocycles. The molecule has 0 bridgehead atoms. The molecular weight excluding hydrogens is 210 g/mol. The molecule has 1 aliphatic carbocycles. The standard InChI is InChI=1S/C15H11NO/c1-2-6-13-11(5-1)12-8-7-10-4-3-9-17-15(10)14(12)16-13/h1-6,8-9,16H,7H2. The fraction of sp³-hybridized carbons (Fsp3) is 0.0667. The van der Waals surface area contributed by atoms with Crippen LogP contribution in [-0.2, 0) is 4.74 Å². The summed E-state index contributed by atoms with van der Waals surface area (Å²) < 4.78 is 5.65. The highest BCUT2D eigenvalue weighted by molar-refractivity contribution is 5.83. The van der Waals surface area contributed by atoms with Crippen LogP contribution in [0.5, 0.6) is 0 Å². The van der Waals surface area contributed by atoms with Crippen LogP contribution in [0, 0.1) is 0 Å². The van der Waals surface area contributed by atoms with Crippen LogP contribution in [0.1, 0.15) is 6.42 Å². The Bertz CT molecular complexity index is 790. The molecule has 2 aliphatic rings. The molecule has 82 valence electrons. The van der Waals surface area contributed by atoms with E-state index in [0.717, 1.165) is 17.5 Å². The van der Waals surface area contributed by atoms with E-state index in [9.17, 15) is 0 Å². The van der Waals surface area contributed by atoms with Gasteiger partial charge < -0.3 is 9.72 Å². The van der Waals surface area contributed by atoms with Gasteiger partial charge in [0.15, 0.2) is 5.76 Å². The lowest BCUT2D eigenvalue weighted by Gasteiger charge is -2.14. The first-order chi connectivity index (χ1) is 8.43. The Morgan fingerprint density at radius 3 is 3.12 bits per heavy atom. The van der Waals surface area contributed by atoms with E-state index in [0.29, 0.717) is 0 Å². The maximum Gasteiger partial charge on any atom is 0.154 e. The van der Waals surface area contributed by atoms with Crippen LogP contribution >= 0.6 is 0 Å². The van der Waals surface area contributed by atoms with E-state index >= 15 is 0 Å². The van der Waals surface area contributed by atoms with Crippen LogP contribution < -0.4 is 10.6 Å². The van der Waals surface area contributed by atoms with Crippen molar-refractivity contribution < 1.29 is 4.74 Å². The first-order valence-electron chi connectivity index (χ1n) is 5.77. The average Bonchev–Trinajstić information content (AvgIpc) is 2.78. The fourth-order valence-electron chi connectivity index (χ4n) is 2.56. The molecule has 0 unspecified atom stereocenters. The van der Waals surface area contributed by atoms with Crippen molar-refractivity contribution in [3.05, 3.63) is 58.8 Å². The largest absolute Gasteiger partial charge is 0.462 e. The number of nitrogens with one attached hydrogen (secondary N) is 1. The first kappa shape index (κ1) is 8.88. The molecular formula is C15H11NO. The quantitative estimate of drug-likeness (QED) is 0.722. The number of aromatic nitrogens is 1. The second-order valence-electron chi connectivity index (χ2n) is 4.33. The minimum absolute atomic E-state index is 0.939. The predicted octanol–water partition coefficient (Wildman–Crippen LogP) is 1.93. The van der Waals surface area contributed by atoms with Gasteiger partial charge in [0.25, 0.3) is 0 Å². The summed E-state index contributed by atoms with van der Waals surface area (Å²) in [6, 6.07) is 8.37. The van der Waals surface area contributed by atoms with E-state index in [2.05, 4.69) is 35.3 Å². The van der Waals surface area contributed by atoms with Crippen molar-refractivity contribution in [1.29, 1.82) is 0 Å². The van der Waals surface area contributed by atoms with E-state index in [1.807, 2.05) is 12.1 Å². The lowest BCUT2D eigenvalue weighted by atomic mass is 10.0. The molecule has 2 nitrogen and oxygen atoms in total. The van der Waals surface area contributed by atoms with E-state index in [4.69, 9.17) is 4.74 Å². The van der Waals surface area contributed by atoms with Gasteiger partial charge >= 0.3 is 0 Å². The molecule has 0 amide bonds. The Labute approximate surface area is 98.2 Å². The number of ether oxygens (including phenoxy) is 1. The molecule has 2 aromatic rings. The zero-order valence-electron chi connectivity index (χ0n) is 9.23. The number of benzene rings is 1. The van der Waals surface area contributed by atoms with Gasteiger partial charge in [0.1, 0.15) is 0 Å². The summed E-state index contributed by atoms with van der Waals surface area (Å²) in [5.74, 6) is 0.973. The Kier molecular flexibility index (Phi) is 1.64. The molecule has 1 aliphatic heterocycles. The predicted molar refractivity (Wildman–Crippen MR) is 68.3 cm³/mol. The zero-order valence-corrected chi connectivity index (χ0v) is 9.23. The van der Waals surface area contributed by atoms with Gasteiger partial charge in [-0.3, -0.25) is 0 Å². The van der Waals surface area contributed by atoms with Crippen molar-refractivity contribution in [2.24, 2.45) is 0 Å². The molecule has 17 heavy (non-hydrogen) atoms. The number of hydrogen-bond donors (Lipinski definition) is 1. The second kappa shape index (κ2) is 3.14. The molecule has 0 saturated carbocycles. The number of fused-ring (bicyclic) bond motifs is 4. The number of hydrogen-bond acceptors (Lipinski definition) is 1. The van der Waals surface area contributed by atoms with E-state index in [1.54, 1.807) is 6.26 Å². The normalized spacial score (nSPS) is 16.9. The average molecular weight is 221 g/mol. The van der Waals surface area contributed by atoms with Gasteiger partial charge in [0.2, 0.25) is 0 Å². The monoisotopic (exact) mass is 221 g/mol. The third-order valence-corrected chi connectivity index (χ3v) is 3.35. The van der Waals surface area contributed by atoms with Gasteiger partial charge in [-0.15, -0.1) is 0 Å². The Hall–Kier alpha value is -2.22. The summed E-state index contributed by atoms with van der Waals surface area (Å²) in [7, 11) is 0. The lowest BCUT2D eigenvalue weighted by molar-refractivity contribution is 0.424. The Morgan fingerprint density at radius 2 is 2.12 bits per heavy atom. The molecule has 0 atom stereocenters. The highest BCUT2D eigenvalue weighted by atomic mass is 16.5. The van der Waals surface area contributed by atoms with Crippen molar-refractivity contribution in [2.45, 2.75) is 6.42 Å². The number of rotatable bonds is 0. The third-order valence-electron chi connectivity index (χ3n) is 3.35. The van der Waals surface area contributed by atoms with Crippen LogP contribution in [0.15, 0.2) is 48.3 Å². The third kappa shape index (κ3) is 1.15. The highest BCUT2D eigenvalue weighted by Gasteiger charge is 2.15. The molecule has 4 rings (SSSR count). The van der Waals surface area contributed by atoms with Gasteiger partial charge in [-0.05, 0) is 18.6 Å². The Balaban J connectivity index is 2.22. The van der Waals surface area contributed by atoms with Crippen molar-refractivity contribution in [3.8, 4) is 0 Å². The van der Waals surface area contributed by atoms with E-state index in [-0.39, 0.29) is 0 Å². The van der Waals surface area contributed by atoms with Gasteiger partial charge in [-0.1, -0.05) is 30.4 Å². The molecule has 0 spiro atoms. The van der Waals surface area contributed by atoms with Gasteiger partial charge in [0, 0.05) is 21.7 Å². The van der Waals surface area contributed by atoms with Crippen LogP contribution in [0.25, 0.3) is 22.7 Å². The van der Waals surface area contributed by atoms with Crippen molar-refractivity contribution in [2.75, 3.05) is 0 Å². The maximum atomic E-state index is 5.65. The number of para-hydroxylation sites is 1. The summed E-state index contributed by atoms with van der Waals surface area (Å²) in [5.41, 5.74) is 2.41. The van der Waals surface area contributed by atoms with Gasteiger partial charge in [-0.2, -0.15) is 0 Å². The molecule has 2 heterocycles. The van der Waals surface area contributed by atoms with Crippen LogP contribution in [0.4, 0.5) is 0 Å². The maximum absolute atomic E-state index is 5.65. The minimum atomic E-state index is 0.939. The Morgan fingerprint density at radius 1 is 1.18 bits per heavy atom. The zero-order chi connectivity index (χ0) is 11.2. The fourth-order valence-corrected chi connectivity index (χ4v) is 2.56. The molecule has 1 N–H and O–H groups in total. The molecule has 0 radical (unpaired) electrons. The minimum Gasteiger partial charge on any atom is -0.462 e. The molecule has 0 fully saturated rings. The number of H-pyrrole nitrogens is 1. The topological polar surface area (TPSA) is 25.0 Å². The summed E-state index contributed by atoms with van der Waals surface area (Å²) >= 11 is 0. The van der Waals surface area contributed by atoms with Gasteiger partial charge in [-0.25, -0.2) is 0 Å². The van der Waals surface area contributed by atoms with Gasteiger partial charge in [0.05, 0.1) is 11.6 Å². The van der Waals surface area contributed by atoms with Crippen molar-refractivity contribution >= 4 is 22.7 Å². The van der Waals surface area contributed by atoms with Crippen LogP contribution in [0.2, 0.25) is 0 Å². The summed E-state index contributed by atoms with van der Waals surface area (Å²) in [6.07, 6.45) is 9.00. The summed E-state index contributed by atoms with van der Waals surface area (Å²) in [6.45, 7) is 0. The molecule has 0 saturated heterocycles. The van der Waals surface area contributed by atoms with Crippen molar-refractivity contribution in [1.82, 2.24) is 4.98 Å².